The van der Waals surface area contributed by atoms with Crippen LogP contribution in [0.3, 0.4) is 0 Å². The average Bonchev–Trinajstić information content (AvgIpc) is 2.88. The summed E-state index contributed by atoms with van der Waals surface area (Å²) in [5.41, 5.74) is 6.06. The van der Waals surface area contributed by atoms with Gasteiger partial charge in [-0.05, 0) is 37.6 Å². The number of halogens is 1. The van der Waals surface area contributed by atoms with Crippen molar-refractivity contribution in [2.24, 2.45) is 5.73 Å². The molecule has 1 aliphatic rings. The normalized spacial score (nSPS) is 19.2. The molecule has 1 unspecified atom stereocenters. The van der Waals surface area contributed by atoms with Gasteiger partial charge in [0.25, 0.3) is 0 Å². The van der Waals surface area contributed by atoms with E-state index < -0.39 is 6.04 Å². The zero-order valence-electron chi connectivity index (χ0n) is 11.8. The predicted molar refractivity (Wildman–Crippen MR) is 77.2 cm³/mol. The number of nitrogens with zero attached hydrogens (tertiary/aromatic N) is 1. The topological polar surface area (TPSA) is 87.5 Å². The van der Waals surface area contributed by atoms with Gasteiger partial charge < -0.3 is 21.3 Å². The van der Waals surface area contributed by atoms with Gasteiger partial charge in [0.1, 0.15) is 5.82 Å². The molecule has 0 radical (unpaired) electrons. The number of likely N-dealkylation sites (tertiary alicyclic amines) is 1. The van der Waals surface area contributed by atoms with Crippen molar-refractivity contribution < 1.29 is 14.0 Å². The van der Waals surface area contributed by atoms with Gasteiger partial charge in [0.15, 0.2) is 0 Å². The van der Waals surface area contributed by atoms with Crippen LogP contribution in [0.4, 0.5) is 14.9 Å². The Bertz CT molecular complexity index is 518. The van der Waals surface area contributed by atoms with Crippen LogP contribution < -0.4 is 16.4 Å². The monoisotopic (exact) mass is 294 g/mol. The summed E-state index contributed by atoms with van der Waals surface area (Å²) in [5.74, 6) is -0.472. The third-order valence-corrected chi connectivity index (χ3v) is 3.33. The molecule has 4 N–H and O–H groups in total. The lowest BCUT2D eigenvalue weighted by atomic mass is 10.2. The molecule has 2 atom stereocenters. The Kier molecular flexibility index (Phi) is 4.74. The summed E-state index contributed by atoms with van der Waals surface area (Å²) in [7, 11) is 0. The molecule has 7 heteroatoms. The summed E-state index contributed by atoms with van der Waals surface area (Å²) in [6.07, 6.45) is 0.690. The summed E-state index contributed by atoms with van der Waals surface area (Å²) >= 11 is 0. The Hall–Kier alpha value is -2.15. The fourth-order valence-electron chi connectivity index (χ4n) is 2.25. The first-order valence-corrected chi connectivity index (χ1v) is 6.83. The van der Waals surface area contributed by atoms with Gasteiger partial charge in [-0.15, -0.1) is 0 Å². The molecule has 0 bridgehead atoms. The highest BCUT2D eigenvalue weighted by molar-refractivity contribution is 5.89. The number of rotatable bonds is 3. The number of nitrogens with two attached hydrogens (primary N) is 1. The molecule has 1 heterocycles. The molecule has 1 saturated heterocycles. The minimum atomic E-state index is -0.531. The van der Waals surface area contributed by atoms with Crippen molar-refractivity contribution in [3.63, 3.8) is 0 Å². The van der Waals surface area contributed by atoms with Crippen molar-refractivity contribution >= 4 is 17.6 Å². The number of anilines is 1. The van der Waals surface area contributed by atoms with Gasteiger partial charge >= 0.3 is 6.03 Å². The summed E-state index contributed by atoms with van der Waals surface area (Å²) < 4.78 is 12.8. The zero-order valence-corrected chi connectivity index (χ0v) is 11.8. The summed E-state index contributed by atoms with van der Waals surface area (Å²) in [5, 5.41) is 5.41. The molecule has 1 aliphatic heterocycles. The fourth-order valence-corrected chi connectivity index (χ4v) is 2.25. The van der Waals surface area contributed by atoms with Crippen LogP contribution in [-0.2, 0) is 4.79 Å². The first kappa shape index (κ1) is 15.2. The van der Waals surface area contributed by atoms with Gasteiger partial charge in [-0.1, -0.05) is 0 Å². The highest BCUT2D eigenvalue weighted by Gasteiger charge is 2.28. The van der Waals surface area contributed by atoms with Gasteiger partial charge in [-0.25, -0.2) is 9.18 Å². The molecule has 6 nitrogen and oxygen atoms in total. The van der Waals surface area contributed by atoms with Gasteiger partial charge in [0.05, 0.1) is 6.04 Å². The van der Waals surface area contributed by atoms with E-state index >= 15 is 0 Å². The van der Waals surface area contributed by atoms with Crippen molar-refractivity contribution in [2.75, 3.05) is 18.4 Å². The third-order valence-electron chi connectivity index (χ3n) is 3.33. The SMILES string of the molecule is C[C@H](N)C(=O)N1CCC(NC(=O)Nc2ccc(F)cc2)C1. The standard InChI is InChI=1S/C14H19FN4O2/c1-9(16)13(20)19-7-6-12(8-19)18-14(21)17-11-4-2-10(15)3-5-11/h2-5,9,12H,6-8,16H2,1H3,(H2,17,18,21)/t9-,12?/m0/s1. The Morgan fingerprint density at radius 2 is 2.05 bits per heavy atom. The maximum Gasteiger partial charge on any atom is 0.319 e. The second-order valence-corrected chi connectivity index (χ2v) is 5.16. The van der Waals surface area contributed by atoms with E-state index in [1.807, 2.05) is 0 Å². The van der Waals surface area contributed by atoms with Gasteiger partial charge in [-0.2, -0.15) is 0 Å². The van der Waals surface area contributed by atoms with Crippen molar-refractivity contribution in [1.29, 1.82) is 0 Å². The highest BCUT2D eigenvalue weighted by Crippen LogP contribution is 2.11. The second kappa shape index (κ2) is 6.53. The lowest BCUT2D eigenvalue weighted by Gasteiger charge is -2.19. The van der Waals surface area contributed by atoms with E-state index in [-0.39, 0.29) is 23.8 Å². The number of hydrogen-bond acceptors (Lipinski definition) is 3. The van der Waals surface area contributed by atoms with E-state index in [0.717, 1.165) is 0 Å². The van der Waals surface area contributed by atoms with Crippen LogP contribution in [0.25, 0.3) is 0 Å². The maximum absolute atomic E-state index is 12.8. The number of benzene rings is 1. The van der Waals surface area contributed by atoms with Gasteiger partial charge in [0.2, 0.25) is 5.91 Å². The minimum absolute atomic E-state index is 0.104. The molecule has 0 saturated carbocycles. The molecule has 1 aromatic rings. The summed E-state index contributed by atoms with van der Waals surface area (Å²) in [6.45, 7) is 2.68. The molecule has 114 valence electrons. The largest absolute Gasteiger partial charge is 0.339 e. The first-order valence-electron chi connectivity index (χ1n) is 6.83. The van der Waals surface area contributed by atoms with Gasteiger partial charge in [-0.3, -0.25) is 4.79 Å². The number of urea groups is 1. The Morgan fingerprint density at radius 1 is 1.38 bits per heavy atom. The van der Waals surface area contributed by atoms with E-state index in [9.17, 15) is 14.0 Å². The molecule has 1 aromatic carbocycles. The Labute approximate surface area is 122 Å². The van der Waals surface area contributed by atoms with Crippen LogP contribution in [0.1, 0.15) is 13.3 Å². The summed E-state index contributed by atoms with van der Waals surface area (Å²) in [4.78, 5) is 25.2. The average molecular weight is 294 g/mol. The number of hydrogen-bond donors (Lipinski definition) is 3. The molecule has 0 aliphatic carbocycles. The molecule has 0 aromatic heterocycles. The Balaban J connectivity index is 1.81. The van der Waals surface area contributed by atoms with Crippen molar-refractivity contribution in [1.82, 2.24) is 10.2 Å². The number of amides is 3. The molecular weight excluding hydrogens is 275 g/mol. The van der Waals surface area contributed by atoms with Crippen LogP contribution in [0.5, 0.6) is 0 Å². The molecule has 0 spiro atoms. The van der Waals surface area contributed by atoms with Crippen molar-refractivity contribution in [3.05, 3.63) is 30.1 Å². The first-order chi connectivity index (χ1) is 9.95. The van der Waals surface area contributed by atoms with Crippen LogP contribution in [0, 0.1) is 5.82 Å². The predicted octanol–water partition coefficient (Wildman–Crippen LogP) is 0.895. The molecule has 21 heavy (non-hydrogen) atoms. The smallest absolute Gasteiger partial charge is 0.319 e. The third kappa shape index (κ3) is 4.16. The molecular formula is C14H19FN4O2. The van der Waals surface area contributed by atoms with Crippen LogP contribution in [0.15, 0.2) is 24.3 Å². The quantitative estimate of drug-likeness (QED) is 0.774. The fraction of sp³-hybridized carbons (Fsp3) is 0.429. The van der Waals surface area contributed by atoms with Crippen molar-refractivity contribution in [2.45, 2.75) is 25.4 Å². The van der Waals surface area contributed by atoms with E-state index in [1.54, 1.807) is 11.8 Å². The van der Waals surface area contributed by atoms with E-state index in [2.05, 4.69) is 10.6 Å². The van der Waals surface area contributed by atoms with E-state index in [0.29, 0.717) is 25.2 Å². The second-order valence-electron chi connectivity index (χ2n) is 5.16. The van der Waals surface area contributed by atoms with Gasteiger partial charge in [0, 0.05) is 24.8 Å². The van der Waals surface area contributed by atoms with Crippen LogP contribution >= 0.6 is 0 Å². The number of carbonyl (C=O) groups is 2. The summed E-state index contributed by atoms with van der Waals surface area (Å²) in [6, 6.07) is 4.50. The minimum Gasteiger partial charge on any atom is -0.339 e. The molecule has 1 fully saturated rings. The zero-order chi connectivity index (χ0) is 15.4. The van der Waals surface area contributed by atoms with Crippen LogP contribution in [-0.4, -0.2) is 42.0 Å². The molecule has 3 amide bonds. The van der Waals surface area contributed by atoms with Crippen molar-refractivity contribution in [3.8, 4) is 0 Å². The highest BCUT2D eigenvalue weighted by atomic mass is 19.1. The Morgan fingerprint density at radius 3 is 2.67 bits per heavy atom. The number of nitrogens with one attached hydrogen (secondary N) is 2. The van der Waals surface area contributed by atoms with E-state index in [4.69, 9.17) is 5.73 Å². The maximum atomic E-state index is 12.8. The number of carbonyl (C=O) groups excluding carboxylic acids is 2. The lowest BCUT2D eigenvalue weighted by Crippen LogP contribution is -2.44. The molecule has 2 rings (SSSR count). The van der Waals surface area contributed by atoms with Crippen LogP contribution in [0.2, 0.25) is 0 Å². The lowest BCUT2D eigenvalue weighted by molar-refractivity contribution is -0.131. The van der Waals surface area contributed by atoms with E-state index in [1.165, 1.54) is 24.3 Å².